The number of halogens is 1. The molecule has 1 fully saturated rings. The molecule has 26 heavy (non-hydrogen) atoms. The van der Waals surface area contributed by atoms with E-state index in [2.05, 4.69) is 50.4 Å². The molecule has 1 aliphatic carbocycles. The topological polar surface area (TPSA) is 43.6 Å². The number of carbonyl (C=O) groups is 1. The van der Waals surface area contributed by atoms with E-state index < -0.39 is 0 Å². The van der Waals surface area contributed by atoms with E-state index in [9.17, 15) is 4.79 Å². The number of thiazole rings is 1. The molecular weight excluding hydrogens is 368 g/mol. The Bertz CT molecular complexity index is 886. The maximum Gasteiger partial charge on any atom is 0.283 e. The number of hydrogen-bond acceptors (Lipinski definition) is 3. The minimum Gasteiger partial charge on any atom is -0.490 e. The zero-order chi connectivity index (χ0) is 19.1. The van der Waals surface area contributed by atoms with E-state index >= 15 is 0 Å². The van der Waals surface area contributed by atoms with Gasteiger partial charge in [-0.3, -0.25) is 4.79 Å². The number of nitrogens with zero attached hydrogens (tertiary/aromatic N) is 2. The van der Waals surface area contributed by atoms with Gasteiger partial charge in [0.25, 0.3) is 5.91 Å². The molecule has 1 amide bonds. The number of benzene rings is 1. The zero-order valence-electron chi connectivity index (χ0n) is 15.9. The van der Waals surface area contributed by atoms with Crippen molar-refractivity contribution < 1.29 is 9.53 Å². The van der Waals surface area contributed by atoms with Crippen LogP contribution in [0.4, 0.5) is 0 Å². The van der Waals surface area contributed by atoms with Crippen LogP contribution in [0.15, 0.2) is 29.4 Å². The molecule has 0 radical (unpaired) electrons. The maximum absolute atomic E-state index is 12.9. The third-order valence-corrected chi connectivity index (χ3v) is 5.82. The van der Waals surface area contributed by atoms with Gasteiger partial charge in [0, 0.05) is 22.1 Å². The molecule has 2 aromatic rings. The Morgan fingerprint density at radius 3 is 2.62 bits per heavy atom. The summed E-state index contributed by atoms with van der Waals surface area (Å²) in [5.74, 6) is 0.245. The lowest BCUT2D eigenvalue weighted by Crippen LogP contribution is -2.18. The summed E-state index contributed by atoms with van der Waals surface area (Å²) in [5.41, 5.74) is 0.430. The first-order valence-electron chi connectivity index (χ1n) is 8.93. The summed E-state index contributed by atoms with van der Waals surface area (Å²) in [6.07, 6.45) is 4.36. The van der Waals surface area contributed by atoms with Gasteiger partial charge >= 0.3 is 0 Å². The van der Waals surface area contributed by atoms with Gasteiger partial charge in [0.15, 0.2) is 4.80 Å². The summed E-state index contributed by atoms with van der Waals surface area (Å²) in [4.78, 5) is 19.2. The van der Waals surface area contributed by atoms with Gasteiger partial charge in [-0.2, -0.15) is 4.99 Å². The highest BCUT2D eigenvalue weighted by atomic mass is 35.5. The first-order valence-corrected chi connectivity index (χ1v) is 10.1. The molecule has 1 saturated carbocycles. The lowest BCUT2D eigenvalue weighted by Gasteiger charge is -2.15. The molecule has 0 unspecified atom stereocenters. The second kappa shape index (κ2) is 7.20. The van der Waals surface area contributed by atoms with Crippen molar-refractivity contribution in [2.75, 3.05) is 0 Å². The number of ether oxygens (including phenoxy) is 1. The van der Waals surface area contributed by atoms with Crippen molar-refractivity contribution in [1.29, 1.82) is 0 Å². The minimum absolute atomic E-state index is 0.00836. The van der Waals surface area contributed by atoms with Gasteiger partial charge in [-0.15, -0.1) is 11.3 Å². The first kappa shape index (κ1) is 19.2. The molecule has 1 aliphatic rings. The largest absolute Gasteiger partial charge is 0.490 e. The van der Waals surface area contributed by atoms with Crippen molar-refractivity contribution >= 4 is 28.8 Å². The van der Waals surface area contributed by atoms with Crippen LogP contribution >= 0.6 is 22.9 Å². The lowest BCUT2D eigenvalue weighted by molar-refractivity contribution is 0.0993. The predicted octanol–water partition coefficient (Wildman–Crippen LogP) is 5.36. The summed E-state index contributed by atoms with van der Waals surface area (Å²) in [7, 11) is 0. The van der Waals surface area contributed by atoms with Crippen molar-refractivity contribution in [3.8, 4) is 5.75 Å². The summed E-state index contributed by atoms with van der Waals surface area (Å²) in [5, 5.41) is 0.505. The van der Waals surface area contributed by atoms with E-state index in [1.807, 2.05) is 0 Å². The number of rotatable bonds is 4. The van der Waals surface area contributed by atoms with Crippen molar-refractivity contribution in [1.82, 2.24) is 4.57 Å². The average Bonchev–Trinajstić information content (AvgIpc) is 3.24. The molecule has 0 bridgehead atoms. The van der Waals surface area contributed by atoms with Crippen molar-refractivity contribution in [2.45, 2.75) is 65.0 Å². The van der Waals surface area contributed by atoms with E-state index in [1.165, 1.54) is 4.88 Å². The second-order valence-electron chi connectivity index (χ2n) is 8.00. The first-order chi connectivity index (χ1) is 12.1. The van der Waals surface area contributed by atoms with Crippen LogP contribution in [0.25, 0.3) is 0 Å². The van der Waals surface area contributed by atoms with E-state index in [1.54, 1.807) is 29.5 Å². The molecule has 1 aromatic carbocycles. The van der Waals surface area contributed by atoms with Gasteiger partial charge < -0.3 is 9.30 Å². The van der Waals surface area contributed by atoms with Crippen LogP contribution in [0.2, 0.25) is 5.02 Å². The van der Waals surface area contributed by atoms with Crippen molar-refractivity contribution in [3.63, 3.8) is 0 Å². The summed E-state index contributed by atoms with van der Waals surface area (Å²) in [6, 6.07) is 5.36. The summed E-state index contributed by atoms with van der Waals surface area (Å²) in [6.45, 7) is 10.7. The van der Waals surface area contributed by atoms with Gasteiger partial charge in [0.1, 0.15) is 5.75 Å². The van der Waals surface area contributed by atoms with Crippen LogP contribution in [0.5, 0.6) is 5.75 Å². The van der Waals surface area contributed by atoms with Crippen LogP contribution < -0.4 is 9.54 Å². The lowest BCUT2D eigenvalue weighted by atomic mass is 9.95. The fourth-order valence-corrected chi connectivity index (χ4v) is 3.78. The van der Waals surface area contributed by atoms with E-state index in [4.69, 9.17) is 16.3 Å². The van der Waals surface area contributed by atoms with Gasteiger partial charge in [-0.05, 0) is 50.3 Å². The highest BCUT2D eigenvalue weighted by Crippen LogP contribution is 2.31. The SMILES string of the molecule is CC(C)n1cc(C(C)(C)C)sc1=NC(=O)c1cc(Cl)ccc1OC1CC1. The molecule has 0 saturated heterocycles. The molecular formula is C20H25ClN2O2S. The van der Waals surface area contributed by atoms with Gasteiger partial charge in [-0.25, -0.2) is 0 Å². The fourth-order valence-electron chi connectivity index (χ4n) is 2.44. The molecule has 0 spiro atoms. The van der Waals surface area contributed by atoms with Crippen LogP contribution in [0, 0.1) is 0 Å². The molecule has 6 heteroatoms. The highest BCUT2D eigenvalue weighted by Gasteiger charge is 2.26. The Kier molecular flexibility index (Phi) is 5.31. The van der Waals surface area contributed by atoms with Crippen LogP contribution in [0.3, 0.4) is 0 Å². The molecule has 4 nitrogen and oxygen atoms in total. The van der Waals surface area contributed by atoms with Crippen LogP contribution in [-0.4, -0.2) is 16.6 Å². The van der Waals surface area contributed by atoms with Crippen molar-refractivity contribution in [2.24, 2.45) is 4.99 Å². The van der Waals surface area contributed by atoms with Crippen LogP contribution in [-0.2, 0) is 5.41 Å². The minimum atomic E-state index is -0.320. The van der Waals surface area contributed by atoms with E-state index in [0.29, 0.717) is 21.1 Å². The Morgan fingerprint density at radius 1 is 1.35 bits per heavy atom. The van der Waals surface area contributed by atoms with Gasteiger partial charge in [0.05, 0.1) is 11.7 Å². The maximum atomic E-state index is 12.9. The molecule has 0 atom stereocenters. The number of amides is 1. The molecule has 3 rings (SSSR count). The van der Waals surface area contributed by atoms with Gasteiger partial charge in [0.2, 0.25) is 0 Å². The summed E-state index contributed by atoms with van der Waals surface area (Å²) < 4.78 is 7.92. The molecule has 0 aliphatic heterocycles. The summed E-state index contributed by atoms with van der Waals surface area (Å²) >= 11 is 7.67. The van der Waals surface area contributed by atoms with Crippen LogP contribution in [0.1, 0.15) is 68.7 Å². The standard InChI is InChI=1S/C20H25ClN2O2S/c1-12(2)23-11-17(20(3,4)5)26-19(23)22-18(24)15-10-13(21)6-9-16(15)25-14-7-8-14/h6,9-12,14H,7-8H2,1-5H3. The Labute approximate surface area is 163 Å². The fraction of sp³-hybridized carbons (Fsp3) is 0.500. The number of hydrogen-bond donors (Lipinski definition) is 0. The highest BCUT2D eigenvalue weighted by molar-refractivity contribution is 7.09. The van der Waals surface area contributed by atoms with E-state index in [-0.39, 0.29) is 23.5 Å². The Balaban J connectivity index is 2.03. The third-order valence-electron chi connectivity index (χ3n) is 4.16. The average molecular weight is 393 g/mol. The van der Waals surface area contributed by atoms with Gasteiger partial charge in [-0.1, -0.05) is 32.4 Å². The third kappa shape index (κ3) is 4.38. The predicted molar refractivity (Wildman–Crippen MR) is 106 cm³/mol. The Hall–Kier alpha value is -1.59. The van der Waals surface area contributed by atoms with Crippen molar-refractivity contribution in [3.05, 3.63) is 44.7 Å². The normalized spacial score (nSPS) is 15.6. The quantitative estimate of drug-likeness (QED) is 0.702. The molecule has 0 N–H and O–H groups in total. The smallest absolute Gasteiger partial charge is 0.283 e. The molecule has 140 valence electrons. The van der Waals surface area contributed by atoms with E-state index in [0.717, 1.165) is 12.8 Å². The number of aromatic nitrogens is 1. The molecule has 1 heterocycles. The monoisotopic (exact) mass is 392 g/mol. The zero-order valence-corrected chi connectivity index (χ0v) is 17.4. The molecule has 1 aromatic heterocycles. The second-order valence-corrected chi connectivity index (χ2v) is 9.45. The number of carbonyl (C=O) groups excluding carboxylic acids is 1. The Morgan fingerprint density at radius 2 is 2.04 bits per heavy atom.